The summed E-state index contributed by atoms with van der Waals surface area (Å²) in [5.74, 6) is -0.275. The molecule has 0 bridgehead atoms. The van der Waals surface area contributed by atoms with Crippen LogP contribution in [0.4, 0.5) is 0 Å². The number of rotatable bonds is 5. The van der Waals surface area contributed by atoms with E-state index >= 15 is 0 Å². The maximum atomic E-state index is 13.3. The van der Waals surface area contributed by atoms with Crippen LogP contribution in [-0.4, -0.2) is 23.3 Å². The van der Waals surface area contributed by atoms with Crippen molar-refractivity contribution in [1.82, 2.24) is 4.90 Å². The molecule has 0 N–H and O–H groups in total. The zero-order valence-corrected chi connectivity index (χ0v) is 14.4. The molecule has 1 aliphatic heterocycles. The number of imide groups is 1. The summed E-state index contributed by atoms with van der Waals surface area (Å²) in [7, 11) is 0. The maximum Gasteiger partial charge on any atom is 0.260 e. The smallest absolute Gasteiger partial charge is 0.260 e. The summed E-state index contributed by atoms with van der Waals surface area (Å²) in [6.45, 7) is 4.33. The van der Waals surface area contributed by atoms with E-state index in [1.54, 1.807) is 18.2 Å². The zero-order chi connectivity index (χ0) is 17.7. The summed E-state index contributed by atoms with van der Waals surface area (Å²) in [6, 6.07) is 19.0. The van der Waals surface area contributed by atoms with Gasteiger partial charge in [-0.05, 0) is 43.4 Å². The Hall–Kier alpha value is -2.68. The van der Waals surface area contributed by atoms with E-state index in [-0.39, 0.29) is 11.8 Å². The lowest BCUT2D eigenvalue weighted by atomic mass is 9.72. The Morgan fingerprint density at radius 1 is 1.08 bits per heavy atom. The molecule has 0 aromatic heterocycles. The normalized spacial score (nSPS) is 20.3. The number of hydrogen-bond acceptors (Lipinski definition) is 2. The Balaban J connectivity index is 1.90. The molecule has 128 valence electrons. The Labute approximate surface area is 149 Å². The number of likely N-dealkylation sites (tertiary alicyclic amines) is 1. The highest BCUT2D eigenvalue weighted by atomic mass is 16.2. The van der Waals surface area contributed by atoms with Crippen LogP contribution < -0.4 is 0 Å². The monoisotopic (exact) mass is 333 g/mol. The van der Waals surface area contributed by atoms with E-state index in [1.165, 1.54) is 4.90 Å². The van der Waals surface area contributed by atoms with Gasteiger partial charge in [0.15, 0.2) is 0 Å². The van der Waals surface area contributed by atoms with E-state index in [2.05, 4.69) is 6.58 Å². The van der Waals surface area contributed by atoms with Crippen molar-refractivity contribution in [2.45, 2.75) is 25.7 Å². The summed E-state index contributed by atoms with van der Waals surface area (Å²) in [6.07, 6.45) is 4.63. The number of nitrogens with zero attached hydrogens (tertiary/aromatic N) is 1. The number of hydrogen-bond donors (Lipinski definition) is 0. The highest BCUT2D eigenvalue weighted by Gasteiger charge is 2.44. The Morgan fingerprint density at radius 2 is 1.72 bits per heavy atom. The van der Waals surface area contributed by atoms with E-state index in [9.17, 15) is 9.59 Å². The van der Waals surface area contributed by atoms with Gasteiger partial charge in [0.2, 0.25) is 5.91 Å². The fourth-order valence-electron chi connectivity index (χ4n) is 3.69. The molecule has 2 aromatic rings. The van der Waals surface area contributed by atoms with Crippen LogP contribution in [0.5, 0.6) is 0 Å². The van der Waals surface area contributed by atoms with Gasteiger partial charge in [0.1, 0.15) is 0 Å². The minimum atomic E-state index is -0.578. The molecule has 1 atom stereocenters. The fraction of sp³-hybridized carbons (Fsp3) is 0.273. The number of allylic oxidation sites excluding steroid dienone is 1. The molecule has 1 fully saturated rings. The van der Waals surface area contributed by atoms with Gasteiger partial charge in [-0.3, -0.25) is 14.5 Å². The highest BCUT2D eigenvalue weighted by molar-refractivity contribution is 6.06. The number of benzene rings is 2. The average Bonchev–Trinajstić information content (AvgIpc) is 2.65. The molecular formula is C22H23NO2. The van der Waals surface area contributed by atoms with Crippen molar-refractivity contribution in [3.8, 4) is 0 Å². The fourth-order valence-corrected chi connectivity index (χ4v) is 3.69. The molecule has 0 spiro atoms. The van der Waals surface area contributed by atoms with E-state index in [1.807, 2.05) is 48.5 Å². The lowest BCUT2D eigenvalue weighted by molar-refractivity contribution is -0.143. The van der Waals surface area contributed by atoms with Crippen LogP contribution in [0.3, 0.4) is 0 Å². The number of carbonyl (C=O) groups is 2. The summed E-state index contributed by atoms with van der Waals surface area (Å²) in [5.41, 5.74) is 1.10. The topological polar surface area (TPSA) is 37.4 Å². The molecule has 2 amide bonds. The molecule has 0 radical (unpaired) electrons. The predicted molar refractivity (Wildman–Crippen MR) is 99.1 cm³/mol. The van der Waals surface area contributed by atoms with Gasteiger partial charge in [-0.1, -0.05) is 54.6 Å². The van der Waals surface area contributed by atoms with Crippen molar-refractivity contribution < 1.29 is 9.59 Å². The van der Waals surface area contributed by atoms with Crippen LogP contribution in [0.1, 0.15) is 35.2 Å². The molecule has 0 aliphatic carbocycles. The molecule has 3 rings (SSSR count). The van der Waals surface area contributed by atoms with E-state index in [0.29, 0.717) is 24.9 Å². The van der Waals surface area contributed by atoms with E-state index in [0.717, 1.165) is 18.4 Å². The number of carbonyl (C=O) groups excluding carboxylic acids is 2. The molecule has 1 unspecified atom stereocenters. The van der Waals surface area contributed by atoms with Crippen LogP contribution in [-0.2, 0) is 11.2 Å². The first kappa shape index (κ1) is 17.2. The summed E-state index contributed by atoms with van der Waals surface area (Å²) < 4.78 is 0. The van der Waals surface area contributed by atoms with Crippen LogP contribution in [0.2, 0.25) is 0 Å². The second-order valence-electron chi connectivity index (χ2n) is 6.67. The summed E-state index contributed by atoms with van der Waals surface area (Å²) in [5, 5.41) is 0. The summed E-state index contributed by atoms with van der Waals surface area (Å²) in [4.78, 5) is 27.6. The van der Waals surface area contributed by atoms with Crippen molar-refractivity contribution >= 4 is 11.8 Å². The van der Waals surface area contributed by atoms with Crippen molar-refractivity contribution in [3.63, 3.8) is 0 Å². The summed E-state index contributed by atoms with van der Waals surface area (Å²) >= 11 is 0. The third-order valence-corrected chi connectivity index (χ3v) is 4.92. The van der Waals surface area contributed by atoms with Gasteiger partial charge in [-0.15, -0.1) is 6.58 Å². The van der Waals surface area contributed by atoms with Crippen LogP contribution in [0.25, 0.3) is 0 Å². The standard InChI is InChI=1S/C22H23NO2/c1-2-14-22(17-18-10-5-3-6-11-18)15-9-16-23(21(22)25)20(24)19-12-7-4-8-13-19/h2-8,10-13H,1,9,14-17H2. The van der Waals surface area contributed by atoms with Gasteiger partial charge in [0, 0.05) is 12.1 Å². The molecule has 1 saturated heterocycles. The Bertz CT molecular complexity index is 754. The second-order valence-corrected chi connectivity index (χ2v) is 6.67. The van der Waals surface area contributed by atoms with Gasteiger partial charge >= 0.3 is 0 Å². The van der Waals surface area contributed by atoms with Crippen molar-refractivity contribution in [1.29, 1.82) is 0 Å². The first-order chi connectivity index (χ1) is 12.2. The Morgan fingerprint density at radius 3 is 2.36 bits per heavy atom. The lowest BCUT2D eigenvalue weighted by Gasteiger charge is -2.40. The molecule has 1 aliphatic rings. The molecule has 25 heavy (non-hydrogen) atoms. The first-order valence-electron chi connectivity index (χ1n) is 8.72. The predicted octanol–water partition coefficient (Wildman–Crippen LogP) is 4.25. The molecule has 3 nitrogen and oxygen atoms in total. The lowest BCUT2D eigenvalue weighted by Crippen LogP contribution is -2.52. The minimum absolute atomic E-state index is 0.0728. The van der Waals surface area contributed by atoms with Gasteiger partial charge in [0.25, 0.3) is 5.91 Å². The van der Waals surface area contributed by atoms with Crippen molar-refractivity contribution in [2.75, 3.05) is 6.54 Å². The minimum Gasteiger partial charge on any atom is -0.278 e. The highest BCUT2D eigenvalue weighted by Crippen LogP contribution is 2.39. The molecule has 2 aromatic carbocycles. The van der Waals surface area contributed by atoms with Crippen LogP contribution in [0.15, 0.2) is 73.3 Å². The number of piperidine rings is 1. The average molecular weight is 333 g/mol. The molecule has 0 saturated carbocycles. The van der Waals surface area contributed by atoms with Crippen molar-refractivity contribution in [3.05, 3.63) is 84.4 Å². The third kappa shape index (κ3) is 3.55. The molecule has 1 heterocycles. The van der Waals surface area contributed by atoms with Crippen LogP contribution >= 0.6 is 0 Å². The van der Waals surface area contributed by atoms with Gasteiger partial charge in [0.05, 0.1) is 5.41 Å². The van der Waals surface area contributed by atoms with Gasteiger partial charge in [-0.2, -0.15) is 0 Å². The van der Waals surface area contributed by atoms with Crippen LogP contribution in [0, 0.1) is 5.41 Å². The second kappa shape index (κ2) is 7.47. The van der Waals surface area contributed by atoms with E-state index in [4.69, 9.17) is 0 Å². The van der Waals surface area contributed by atoms with E-state index < -0.39 is 5.41 Å². The largest absolute Gasteiger partial charge is 0.278 e. The van der Waals surface area contributed by atoms with Crippen molar-refractivity contribution in [2.24, 2.45) is 5.41 Å². The van der Waals surface area contributed by atoms with Gasteiger partial charge in [-0.25, -0.2) is 0 Å². The maximum absolute atomic E-state index is 13.3. The Kier molecular flexibility index (Phi) is 5.13. The number of amides is 2. The molecular weight excluding hydrogens is 310 g/mol. The molecule has 3 heteroatoms. The quantitative estimate of drug-likeness (QED) is 0.606. The van der Waals surface area contributed by atoms with Gasteiger partial charge < -0.3 is 0 Å². The SMILES string of the molecule is C=CCC1(Cc2ccccc2)CCCN(C(=O)c2ccccc2)C1=O. The third-order valence-electron chi connectivity index (χ3n) is 4.92. The zero-order valence-electron chi connectivity index (χ0n) is 14.4. The first-order valence-corrected chi connectivity index (χ1v) is 8.72.